The molecular formula is C15H16BrN5O2. The zero-order chi connectivity index (χ0) is 15.8. The van der Waals surface area contributed by atoms with Gasteiger partial charge in [-0.25, -0.2) is 4.68 Å². The zero-order valence-electron chi connectivity index (χ0n) is 12.7. The van der Waals surface area contributed by atoms with E-state index in [-0.39, 0.29) is 6.61 Å². The van der Waals surface area contributed by atoms with Crippen LogP contribution in [-0.4, -0.2) is 25.2 Å². The largest absolute Gasteiger partial charge is 0.483 e. The third-order valence-electron chi connectivity index (χ3n) is 3.88. The van der Waals surface area contributed by atoms with E-state index in [9.17, 15) is 0 Å². The number of nitrogens with zero attached hydrogens (tertiary/aromatic N) is 5. The van der Waals surface area contributed by atoms with Gasteiger partial charge in [0.1, 0.15) is 11.3 Å². The lowest BCUT2D eigenvalue weighted by Crippen LogP contribution is -2.01. The molecule has 3 aromatic rings. The van der Waals surface area contributed by atoms with Crippen molar-refractivity contribution in [2.75, 3.05) is 0 Å². The van der Waals surface area contributed by atoms with Crippen LogP contribution in [0.3, 0.4) is 0 Å². The molecule has 0 radical (unpaired) electrons. The maximum absolute atomic E-state index is 5.77. The van der Waals surface area contributed by atoms with E-state index < -0.39 is 0 Å². The summed E-state index contributed by atoms with van der Waals surface area (Å²) in [5.41, 5.74) is 1.82. The summed E-state index contributed by atoms with van der Waals surface area (Å²) in [6, 6.07) is 3.90. The second-order valence-electron chi connectivity index (χ2n) is 5.69. The van der Waals surface area contributed by atoms with Gasteiger partial charge in [-0.2, -0.15) is 0 Å². The molecular weight excluding hydrogens is 362 g/mol. The lowest BCUT2D eigenvalue weighted by molar-refractivity contribution is 0.258. The normalized spacial score (nSPS) is 14.5. The first-order valence-electron chi connectivity index (χ1n) is 7.70. The second-order valence-corrected chi connectivity index (χ2v) is 6.49. The number of fused-ring (bicyclic) bond motifs is 1. The van der Waals surface area contributed by atoms with Crippen LogP contribution in [0, 0.1) is 5.92 Å². The number of rotatable bonds is 6. The highest BCUT2D eigenvalue weighted by atomic mass is 79.9. The van der Waals surface area contributed by atoms with Crippen molar-refractivity contribution in [1.29, 1.82) is 0 Å². The fraction of sp³-hybridized carbons (Fsp3) is 0.467. The minimum absolute atomic E-state index is 0.229. The molecule has 0 atom stereocenters. The number of hydrogen-bond donors (Lipinski definition) is 0. The summed E-state index contributed by atoms with van der Waals surface area (Å²) in [6.07, 6.45) is 3.29. The van der Waals surface area contributed by atoms with Crippen molar-refractivity contribution < 1.29 is 9.15 Å². The summed E-state index contributed by atoms with van der Waals surface area (Å²) in [5.74, 6) is 2.51. The molecule has 23 heavy (non-hydrogen) atoms. The molecule has 1 fully saturated rings. The van der Waals surface area contributed by atoms with Gasteiger partial charge in [0.25, 0.3) is 5.89 Å². The topological polar surface area (TPSA) is 78.9 Å². The third kappa shape index (κ3) is 2.95. The Balaban J connectivity index is 1.54. The van der Waals surface area contributed by atoms with Crippen LogP contribution in [0.15, 0.2) is 21.0 Å². The van der Waals surface area contributed by atoms with Crippen molar-refractivity contribution in [1.82, 2.24) is 25.2 Å². The van der Waals surface area contributed by atoms with Crippen molar-refractivity contribution in [3.8, 4) is 5.75 Å². The Hall–Kier alpha value is -1.96. The number of ether oxygens (including phenoxy) is 1. The summed E-state index contributed by atoms with van der Waals surface area (Å²) in [4.78, 5) is 0. The molecule has 0 spiro atoms. The molecule has 2 aromatic heterocycles. The van der Waals surface area contributed by atoms with Gasteiger partial charge >= 0.3 is 0 Å². The van der Waals surface area contributed by atoms with Crippen LogP contribution in [0.5, 0.6) is 5.75 Å². The summed E-state index contributed by atoms with van der Waals surface area (Å²) in [5, 5.41) is 16.4. The molecule has 0 N–H and O–H groups in total. The molecule has 1 aromatic carbocycles. The van der Waals surface area contributed by atoms with E-state index in [2.05, 4.69) is 36.4 Å². The Morgan fingerprint density at radius 2 is 2.09 bits per heavy atom. The van der Waals surface area contributed by atoms with Crippen LogP contribution < -0.4 is 4.74 Å². The molecule has 0 bridgehead atoms. The van der Waals surface area contributed by atoms with Gasteiger partial charge in [-0.3, -0.25) is 0 Å². The van der Waals surface area contributed by atoms with Crippen LogP contribution in [0.2, 0.25) is 0 Å². The quantitative estimate of drug-likeness (QED) is 0.656. The summed E-state index contributed by atoms with van der Waals surface area (Å²) >= 11 is 3.56. The minimum Gasteiger partial charge on any atom is -0.483 e. The van der Waals surface area contributed by atoms with E-state index in [1.165, 1.54) is 12.8 Å². The summed E-state index contributed by atoms with van der Waals surface area (Å²) in [7, 11) is 0. The number of aryl methyl sites for hydroxylation is 1. The zero-order valence-corrected chi connectivity index (χ0v) is 14.3. The van der Waals surface area contributed by atoms with E-state index in [0.29, 0.717) is 24.0 Å². The molecule has 8 heteroatoms. The Kier molecular flexibility index (Phi) is 3.76. The van der Waals surface area contributed by atoms with Gasteiger partial charge in [-0.1, -0.05) is 12.1 Å². The van der Waals surface area contributed by atoms with Crippen LogP contribution in [0.25, 0.3) is 11.0 Å². The lowest BCUT2D eigenvalue weighted by atomic mass is 10.3. The molecule has 1 aliphatic carbocycles. The smallest absolute Gasteiger partial charge is 0.253 e. The SMILES string of the molecule is CCc1nnc(COc2ccc3c(nnn3CC3CC3)c2Br)o1. The van der Waals surface area contributed by atoms with Crippen molar-refractivity contribution in [3.05, 3.63) is 28.4 Å². The molecule has 7 nitrogen and oxygen atoms in total. The van der Waals surface area contributed by atoms with Gasteiger partial charge in [0.15, 0.2) is 6.61 Å². The van der Waals surface area contributed by atoms with Gasteiger partial charge in [0.05, 0.1) is 9.99 Å². The molecule has 120 valence electrons. The first-order valence-corrected chi connectivity index (χ1v) is 8.49. The lowest BCUT2D eigenvalue weighted by Gasteiger charge is -2.06. The van der Waals surface area contributed by atoms with E-state index in [1.54, 1.807) is 0 Å². The number of halogens is 1. The first-order chi connectivity index (χ1) is 11.2. The Labute approximate surface area is 141 Å². The molecule has 4 rings (SSSR count). The van der Waals surface area contributed by atoms with Gasteiger partial charge < -0.3 is 9.15 Å². The maximum Gasteiger partial charge on any atom is 0.253 e. The number of aromatic nitrogens is 5. The number of hydrogen-bond acceptors (Lipinski definition) is 6. The fourth-order valence-electron chi connectivity index (χ4n) is 2.41. The maximum atomic E-state index is 5.77. The fourth-order valence-corrected chi connectivity index (χ4v) is 2.94. The van der Waals surface area contributed by atoms with Crippen LogP contribution in [0.1, 0.15) is 31.5 Å². The van der Waals surface area contributed by atoms with Crippen molar-refractivity contribution in [3.63, 3.8) is 0 Å². The molecule has 1 aliphatic rings. The summed E-state index contributed by atoms with van der Waals surface area (Å²) in [6.45, 7) is 3.13. The van der Waals surface area contributed by atoms with E-state index >= 15 is 0 Å². The van der Waals surface area contributed by atoms with Crippen LogP contribution >= 0.6 is 15.9 Å². The van der Waals surface area contributed by atoms with Crippen molar-refractivity contribution in [2.24, 2.45) is 5.92 Å². The second kappa shape index (κ2) is 5.92. The minimum atomic E-state index is 0.229. The average molecular weight is 378 g/mol. The average Bonchev–Trinajstić information content (AvgIpc) is 3.10. The Morgan fingerprint density at radius 1 is 1.26 bits per heavy atom. The Bertz CT molecular complexity index is 840. The van der Waals surface area contributed by atoms with E-state index in [0.717, 1.165) is 28.0 Å². The van der Waals surface area contributed by atoms with Crippen molar-refractivity contribution >= 4 is 27.0 Å². The van der Waals surface area contributed by atoms with Gasteiger partial charge in [0.2, 0.25) is 5.89 Å². The van der Waals surface area contributed by atoms with E-state index in [4.69, 9.17) is 9.15 Å². The number of benzene rings is 1. The van der Waals surface area contributed by atoms with Crippen molar-refractivity contribution in [2.45, 2.75) is 39.3 Å². The molecule has 1 saturated carbocycles. The standard InChI is InChI=1S/C15H16BrN5O2/c1-2-12-17-18-13(23-12)8-22-11-6-5-10-15(14(11)16)19-20-21(10)7-9-3-4-9/h5-6,9H,2-4,7-8H2,1H3. The monoisotopic (exact) mass is 377 g/mol. The van der Waals surface area contributed by atoms with Gasteiger partial charge in [0, 0.05) is 13.0 Å². The summed E-state index contributed by atoms with van der Waals surface area (Å²) < 4.78 is 14.0. The predicted molar refractivity (Wildman–Crippen MR) is 86.0 cm³/mol. The molecule has 0 aliphatic heterocycles. The molecule has 0 amide bonds. The third-order valence-corrected chi connectivity index (χ3v) is 4.65. The van der Waals surface area contributed by atoms with Gasteiger partial charge in [-0.05, 0) is 46.8 Å². The van der Waals surface area contributed by atoms with Crippen LogP contribution in [0.4, 0.5) is 0 Å². The molecule has 0 unspecified atom stereocenters. The Morgan fingerprint density at radius 3 is 2.83 bits per heavy atom. The molecule has 2 heterocycles. The highest BCUT2D eigenvalue weighted by Crippen LogP contribution is 2.35. The van der Waals surface area contributed by atoms with Crippen LogP contribution in [-0.2, 0) is 19.6 Å². The predicted octanol–water partition coefficient (Wildman–Crippen LogP) is 3.13. The van der Waals surface area contributed by atoms with Gasteiger partial charge in [-0.15, -0.1) is 15.3 Å². The van der Waals surface area contributed by atoms with E-state index in [1.807, 2.05) is 23.7 Å². The highest BCUT2D eigenvalue weighted by molar-refractivity contribution is 9.10. The highest BCUT2D eigenvalue weighted by Gasteiger charge is 2.23. The first kappa shape index (κ1) is 14.6. The molecule has 0 saturated heterocycles.